The van der Waals surface area contributed by atoms with Crippen molar-refractivity contribution in [2.45, 2.75) is 6.54 Å². The first-order valence-electron chi connectivity index (χ1n) is 7.42. The Morgan fingerprint density at radius 1 is 1.23 bits per heavy atom. The van der Waals surface area contributed by atoms with Gasteiger partial charge < -0.3 is 10.4 Å². The summed E-state index contributed by atoms with van der Waals surface area (Å²) in [5.74, 6) is -1.06. The number of phenolic OH excluding ortho intramolecular Hbond substituents is 1. The Kier molecular flexibility index (Phi) is 4.59. The van der Waals surface area contributed by atoms with Crippen molar-refractivity contribution in [3.63, 3.8) is 0 Å². The summed E-state index contributed by atoms with van der Waals surface area (Å²) in [6.07, 6.45) is 1.30. The molecule has 0 radical (unpaired) electrons. The second kappa shape index (κ2) is 6.85. The van der Waals surface area contributed by atoms with Crippen LogP contribution >= 0.6 is 11.6 Å². The van der Waals surface area contributed by atoms with E-state index in [-0.39, 0.29) is 17.8 Å². The number of rotatable bonds is 4. The maximum absolute atomic E-state index is 12.5. The highest BCUT2D eigenvalue weighted by atomic mass is 35.5. The first kappa shape index (κ1) is 17.4. The number of hydrogen-bond acceptors (Lipinski definition) is 5. The van der Waals surface area contributed by atoms with Crippen LogP contribution in [0.4, 0.5) is 10.5 Å². The number of urea groups is 1. The van der Waals surface area contributed by atoms with Crippen LogP contribution in [0.15, 0.2) is 48.2 Å². The summed E-state index contributed by atoms with van der Waals surface area (Å²) in [6, 6.07) is 9.87. The Labute approximate surface area is 152 Å². The number of nitro groups is 1. The van der Waals surface area contributed by atoms with Crippen molar-refractivity contribution in [2.75, 3.05) is 0 Å². The molecule has 3 rings (SSSR count). The number of nitrogens with one attached hydrogen (secondary N) is 1. The zero-order valence-corrected chi connectivity index (χ0v) is 13.9. The summed E-state index contributed by atoms with van der Waals surface area (Å²) in [4.78, 5) is 35.7. The predicted octanol–water partition coefficient (Wildman–Crippen LogP) is 3.05. The molecule has 26 heavy (non-hydrogen) atoms. The van der Waals surface area contributed by atoms with Crippen LogP contribution < -0.4 is 5.32 Å². The molecule has 2 aromatic carbocycles. The van der Waals surface area contributed by atoms with Gasteiger partial charge in [0, 0.05) is 11.1 Å². The minimum absolute atomic E-state index is 0.00257. The highest BCUT2D eigenvalue weighted by Gasteiger charge is 2.34. The molecule has 8 nitrogen and oxygen atoms in total. The van der Waals surface area contributed by atoms with Crippen molar-refractivity contribution in [1.29, 1.82) is 0 Å². The van der Waals surface area contributed by atoms with Gasteiger partial charge in [-0.1, -0.05) is 35.9 Å². The first-order valence-corrected chi connectivity index (χ1v) is 7.80. The van der Waals surface area contributed by atoms with Gasteiger partial charge in [0.2, 0.25) is 0 Å². The quantitative estimate of drug-likeness (QED) is 0.370. The standard InChI is InChI=1S/C17H12ClN3O5/c18-12-4-2-1-3-11(12)9-20-16(23)13(19-17(20)24)7-10-5-6-15(22)14(8-10)21(25)26/h1-8,22H,9H2,(H,19,24)/b13-7-. The van der Waals surface area contributed by atoms with Gasteiger partial charge in [-0.3, -0.25) is 19.8 Å². The Morgan fingerprint density at radius 3 is 2.65 bits per heavy atom. The fourth-order valence-corrected chi connectivity index (χ4v) is 2.65. The number of amides is 3. The molecule has 0 aromatic heterocycles. The summed E-state index contributed by atoms with van der Waals surface area (Å²) in [5.41, 5.74) is 0.378. The van der Waals surface area contributed by atoms with Gasteiger partial charge in [0.1, 0.15) is 5.70 Å². The van der Waals surface area contributed by atoms with Crippen LogP contribution in [0.2, 0.25) is 5.02 Å². The maximum Gasteiger partial charge on any atom is 0.329 e. The van der Waals surface area contributed by atoms with Crippen LogP contribution in [-0.2, 0) is 11.3 Å². The lowest BCUT2D eigenvalue weighted by Gasteiger charge is -2.12. The Balaban J connectivity index is 1.87. The van der Waals surface area contributed by atoms with Crippen LogP contribution in [0.25, 0.3) is 6.08 Å². The van der Waals surface area contributed by atoms with Crippen molar-refractivity contribution >= 4 is 35.3 Å². The number of phenols is 1. The summed E-state index contributed by atoms with van der Waals surface area (Å²) in [6.45, 7) is -0.00257. The number of carbonyl (C=O) groups excluding carboxylic acids is 2. The Hall–Kier alpha value is -3.39. The maximum atomic E-state index is 12.5. The van der Waals surface area contributed by atoms with Crippen molar-refractivity contribution in [3.8, 4) is 5.75 Å². The van der Waals surface area contributed by atoms with Gasteiger partial charge in [-0.05, 0) is 29.3 Å². The average Bonchev–Trinajstić information content (AvgIpc) is 2.85. The number of imide groups is 1. The van der Waals surface area contributed by atoms with E-state index >= 15 is 0 Å². The number of nitro benzene ring substituents is 1. The zero-order valence-electron chi connectivity index (χ0n) is 13.2. The van der Waals surface area contributed by atoms with E-state index in [9.17, 15) is 24.8 Å². The lowest BCUT2D eigenvalue weighted by atomic mass is 10.1. The number of hydrogen-bond donors (Lipinski definition) is 2. The normalized spacial score (nSPS) is 15.4. The van der Waals surface area contributed by atoms with E-state index in [0.717, 1.165) is 17.0 Å². The molecular weight excluding hydrogens is 362 g/mol. The Bertz CT molecular complexity index is 957. The lowest BCUT2D eigenvalue weighted by molar-refractivity contribution is -0.385. The van der Waals surface area contributed by atoms with E-state index in [1.807, 2.05) is 0 Å². The van der Waals surface area contributed by atoms with E-state index in [1.54, 1.807) is 24.3 Å². The molecule has 1 saturated heterocycles. The summed E-state index contributed by atoms with van der Waals surface area (Å²) >= 11 is 6.05. The molecular formula is C17H12ClN3O5. The van der Waals surface area contributed by atoms with Crippen molar-refractivity contribution in [2.24, 2.45) is 0 Å². The van der Waals surface area contributed by atoms with Crippen molar-refractivity contribution in [1.82, 2.24) is 10.2 Å². The largest absolute Gasteiger partial charge is 0.502 e. The smallest absolute Gasteiger partial charge is 0.329 e. The molecule has 0 aliphatic carbocycles. The van der Waals surface area contributed by atoms with Crippen LogP contribution in [0.5, 0.6) is 5.75 Å². The second-order valence-electron chi connectivity index (χ2n) is 5.48. The predicted molar refractivity (Wildman–Crippen MR) is 93.3 cm³/mol. The number of aromatic hydroxyl groups is 1. The van der Waals surface area contributed by atoms with E-state index in [4.69, 9.17) is 11.6 Å². The van der Waals surface area contributed by atoms with Crippen LogP contribution in [0.1, 0.15) is 11.1 Å². The van der Waals surface area contributed by atoms with Gasteiger partial charge in [0.05, 0.1) is 11.5 Å². The minimum atomic E-state index is -0.740. The first-order chi connectivity index (χ1) is 12.4. The van der Waals surface area contributed by atoms with Crippen molar-refractivity contribution in [3.05, 3.63) is 74.4 Å². The van der Waals surface area contributed by atoms with Crippen LogP contribution in [0.3, 0.4) is 0 Å². The SMILES string of the molecule is O=C1N/C(=C\c2ccc(O)c([N+](=O)[O-])c2)C(=O)N1Cc1ccccc1Cl. The van der Waals surface area contributed by atoms with Gasteiger partial charge in [-0.2, -0.15) is 0 Å². The molecule has 0 bridgehead atoms. The summed E-state index contributed by atoms with van der Waals surface area (Å²) < 4.78 is 0. The van der Waals surface area contributed by atoms with Crippen molar-refractivity contribution < 1.29 is 19.6 Å². The highest BCUT2D eigenvalue weighted by molar-refractivity contribution is 6.31. The molecule has 1 fully saturated rings. The number of carbonyl (C=O) groups is 2. The van der Waals surface area contributed by atoms with Gasteiger partial charge in [-0.25, -0.2) is 4.79 Å². The topological polar surface area (TPSA) is 113 Å². The highest BCUT2D eigenvalue weighted by Crippen LogP contribution is 2.28. The van der Waals surface area contributed by atoms with Gasteiger partial charge in [0.15, 0.2) is 5.75 Å². The molecule has 1 aliphatic rings. The molecule has 3 amide bonds. The molecule has 0 saturated carbocycles. The van der Waals surface area contributed by atoms with Gasteiger partial charge in [0.25, 0.3) is 5.91 Å². The van der Waals surface area contributed by atoms with E-state index < -0.39 is 28.3 Å². The average molecular weight is 374 g/mol. The van der Waals surface area contributed by atoms with Crippen LogP contribution in [-0.4, -0.2) is 26.9 Å². The molecule has 9 heteroatoms. The Morgan fingerprint density at radius 2 is 1.96 bits per heavy atom. The van der Waals surface area contributed by atoms with E-state index in [1.165, 1.54) is 12.1 Å². The number of benzene rings is 2. The van der Waals surface area contributed by atoms with Gasteiger partial charge >= 0.3 is 11.7 Å². The number of nitrogens with zero attached hydrogens (tertiary/aromatic N) is 2. The fraction of sp³-hybridized carbons (Fsp3) is 0.0588. The van der Waals surface area contributed by atoms with Crippen LogP contribution in [0, 0.1) is 10.1 Å². The van der Waals surface area contributed by atoms with E-state index in [2.05, 4.69) is 5.32 Å². The summed E-state index contributed by atoms with van der Waals surface area (Å²) in [7, 11) is 0. The minimum Gasteiger partial charge on any atom is -0.502 e. The third kappa shape index (κ3) is 3.35. The molecule has 1 heterocycles. The molecule has 2 aromatic rings. The molecule has 2 N–H and O–H groups in total. The lowest BCUT2D eigenvalue weighted by Crippen LogP contribution is -2.30. The zero-order chi connectivity index (χ0) is 18.8. The fourth-order valence-electron chi connectivity index (χ4n) is 2.46. The second-order valence-corrected chi connectivity index (χ2v) is 5.88. The molecule has 0 unspecified atom stereocenters. The number of halogens is 1. The molecule has 1 aliphatic heterocycles. The summed E-state index contributed by atoms with van der Waals surface area (Å²) in [5, 5.41) is 23.2. The molecule has 0 atom stereocenters. The third-order valence-electron chi connectivity index (χ3n) is 3.76. The van der Waals surface area contributed by atoms with Gasteiger partial charge in [-0.15, -0.1) is 0 Å². The molecule has 132 valence electrons. The van der Waals surface area contributed by atoms with E-state index in [0.29, 0.717) is 10.6 Å². The molecule has 0 spiro atoms. The third-order valence-corrected chi connectivity index (χ3v) is 4.12. The monoisotopic (exact) mass is 373 g/mol.